The predicted octanol–water partition coefficient (Wildman–Crippen LogP) is -0.626. The van der Waals surface area contributed by atoms with Crippen LogP contribution in [-0.4, -0.2) is 22.4 Å². The van der Waals surface area contributed by atoms with E-state index in [-0.39, 0.29) is 5.91 Å². The Bertz CT molecular complexity index is 238. The van der Waals surface area contributed by atoms with Crippen LogP contribution in [0.1, 0.15) is 19.3 Å². The molecule has 0 aromatic rings. The van der Waals surface area contributed by atoms with Gasteiger partial charge in [-0.3, -0.25) is 4.79 Å². The van der Waals surface area contributed by atoms with Crippen molar-refractivity contribution in [3.8, 4) is 0 Å². The normalized spacial score (nSPS) is 35.0. The molecule has 1 fully saturated rings. The van der Waals surface area contributed by atoms with Crippen molar-refractivity contribution in [3.05, 3.63) is 0 Å². The Kier molecular flexibility index (Phi) is 1.24. The molecule has 0 bridgehead atoms. The van der Waals surface area contributed by atoms with E-state index in [1.165, 1.54) is 0 Å². The lowest BCUT2D eigenvalue weighted by Gasteiger charge is -2.18. The summed E-state index contributed by atoms with van der Waals surface area (Å²) in [6.45, 7) is 0. The van der Waals surface area contributed by atoms with E-state index in [9.17, 15) is 4.79 Å². The Labute approximate surface area is 63.4 Å². The van der Waals surface area contributed by atoms with Gasteiger partial charge in [-0.05, 0) is 19.3 Å². The van der Waals surface area contributed by atoms with Crippen molar-refractivity contribution >= 4 is 11.6 Å². The Balaban J connectivity index is 2.39. The minimum atomic E-state index is -0.889. The fraction of sp³-hybridized carbons (Fsp3) is 0.667. The highest BCUT2D eigenvalue weighted by Crippen LogP contribution is 2.29. The molecule has 3 N–H and O–H groups in total. The van der Waals surface area contributed by atoms with Gasteiger partial charge in [-0.1, -0.05) is 0 Å². The lowest BCUT2D eigenvalue weighted by molar-refractivity contribution is -0.127. The van der Waals surface area contributed by atoms with E-state index in [0.29, 0.717) is 6.42 Å². The maximum absolute atomic E-state index is 11.2. The number of carbonyl (C=O) groups excluding carboxylic acids is 1. The minimum Gasteiger partial charge on any atom is -0.315 e. The molecule has 0 aromatic heterocycles. The van der Waals surface area contributed by atoms with Crippen LogP contribution >= 0.6 is 0 Å². The first-order valence-corrected chi connectivity index (χ1v) is 3.58. The zero-order chi connectivity index (χ0) is 7.90. The average Bonchev–Trinajstić information content (AvgIpc) is 2.53. The second-order valence-corrected chi connectivity index (χ2v) is 2.87. The van der Waals surface area contributed by atoms with Gasteiger partial charge < -0.3 is 5.21 Å². The third kappa shape index (κ3) is 0.665. The standard InChI is InChI=1S/C6H9N3O2/c10-5-6(9-11)3-1-2-4(6)7-8-5/h9,11H,1-3H2,(H,8,10). The number of fused-ring (bicyclic) bond motifs is 1. The van der Waals surface area contributed by atoms with E-state index in [0.717, 1.165) is 18.6 Å². The number of hydrogen-bond acceptors (Lipinski definition) is 4. The Morgan fingerprint density at radius 1 is 1.73 bits per heavy atom. The molecular formula is C6H9N3O2. The maximum Gasteiger partial charge on any atom is 0.268 e. The molecule has 60 valence electrons. The number of hydrazone groups is 1. The summed E-state index contributed by atoms with van der Waals surface area (Å²) in [5, 5.41) is 12.6. The molecule has 0 aromatic carbocycles. The van der Waals surface area contributed by atoms with Gasteiger partial charge in [0.25, 0.3) is 5.91 Å². The number of nitrogens with one attached hydrogen (secondary N) is 2. The van der Waals surface area contributed by atoms with Crippen molar-refractivity contribution in [1.29, 1.82) is 0 Å². The van der Waals surface area contributed by atoms with Crippen LogP contribution in [0.15, 0.2) is 5.10 Å². The van der Waals surface area contributed by atoms with Crippen LogP contribution in [0.2, 0.25) is 0 Å². The molecule has 0 spiro atoms. The van der Waals surface area contributed by atoms with Gasteiger partial charge in [-0.25, -0.2) is 5.43 Å². The summed E-state index contributed by atoms with van der Waals surface area (Å²) in [6.07, 6.45) is 2.32. The highest BCUT2D eigenvalue weighted by atomic mass is 16.5. The topological polar surface area (TPSA) is 73.7 Å². The van der Waals surface area contributed by atoms with E-state index in [1.807, 2.05) is 5.48 Å². The van der Waals surface area contributed by atoms with E-state index in [2.05, 4.69) is 10.5 Å². The molecule has 0 radical (unpaired) electrons. The molecule has 5 heteroatoms. The monoisotopic (exact) mass is 155 g/mol. The largest absolute Gasteiger partial charge is 0.315 e. The van der Waals surface area contributed by atoms with Gasteiger partial charge in [0.05, 0.1) is 5.71 Å². The number of nitrogens with zero attached hydrogens (tertiary/aromatic N) is 1. The summed E-state index contributed by atoms with van der Waals surface area (Å²) in [4.78, 5) is 11.2. The van der Waals surface area contributed by atoms with Crippen LogP contribution in [0.5, 0.6) is 0 Å². The van der Waals surface area contributed by atoms with Crippen LogP contribution in [0.4, 0.5) is 0 Å². The van der Waals surface area contributed by atoms with Crippen molar-refractivity contribution < 1.29 is 10.0 Å². The van der Waals surface area contributed by atoms with Crippen LogP contribution in [0, 0.1) is 0 Å². The lowest BCUT2D eigenvalue weighted by atomic mass is 9.98. The highest BCUT2D eigenvalue weighted by molar-refractivity contribution is 6.17. The fourth-order valence-corrected chi connectivity index (χ4v) is 1.66. The van der Waals surface area contributed by atoms with Gasteiger partial charge in [0.1, 0.15) is 0 Å². The molecule has 1 unspecified atom stereocenters. The molecule has 1 aliphatic carbocycles. The van der Waals surface area contributed by atoms with Crippen LogP contribution in [-0.2, 0) is 4.79 Å². The third-order valence-corrected chi connectivity index (χ3v) is 2.33. The average molecular weight is 155 g/mol. The first-order valence-electron chi connectivity index (χ1n) is 3.58. The molecule has 1 atom stereocenters. The number of carbonyl (C=O) groups is 1. The molecular weight excluding hydrogens is 146 g/mol. The minimum absolute atomic E-state index is 0.243. The molecule has 11 heavy (non-hydrogen) atoms. The van der Waals surface area contributed by atoms with E-state index >= 15 is 0 Å². The summed E-state index contributed by atoms with van der Waals surface area (Å²) in [5.74, 6) is -0.243. The molecule has 0 saturated heterocycles. The maximum atomic E-state index is 11.2. The lowest BCUT2D eigenvalue weighted by Crippen LogP contribution is -2.53. The van der Waals surface area contributed by atoms with Crippen molar-refractivity contribution in [2.45, 2.75) is 24.8 Å². The van der Waals surface area contributed by atoms with Crippen molar-refractivity contribution in [2.75, 3.05) is 0 Å². The predicted molar refractivity (Wildman–Crippen MR) is 37.1 cm³/mol. The molecule has 1 amide bonds. The molecule has 5 nitrogen and oxygen atoms in total. The zero-order valence-corrected chi connectivity index (χ0v) is 5.92. The molecule has 1 aliphatic heterocycles. The molecule has 2 aliphatic rings. The van der Waals surface area contributed by atoms with Gasteiger partial charge >= 0.3 is 0 Å². The molecule has 1 heterocycles. The smallest absolute Gasteiger partial charge is 0.268 e. The fourth-order valence-electron chi connectivity index (χ4n) is 1.66. The summed E-state index contributed by atoms with van der Waals surface area (Å²) < 4.78 is 0. The van der Waals surface area contributed by atoms with Gasteiger partial charge in [0, 0.05) is 0 Å². The Hall–Kier alpha value is -0.940. The Morgan fingerprint density at radius 3 is 3.18 bits per heavy atom. The van der Waals surface area contributed by atoms with E-state index in [1.54, 1.807) is 0 Å². The second-order valence-electron chi connectivity index (χ2n) is 2.87. The number of amides is 1. The summed E-state index contributed by atoms with van der Waals surface area (Å²) in [7, 11) is 0. The third-order valence-electron chi connectivity index (χ3n) is 2.33. The first-order chi connectivity index (χ1) is 5.29. The van der Waals surface area contributed by atoms with Gasteiger partial charge in [-0.2, -0.15) is 10.6 Å². The quantitative estimate of drug-likeness (QED) is 0.441. The summed E-state index contributed by atoms with van der Waals surface area (Å²) >= 11 is 0. The number of hydroxylamine groups is 1. The van der Waals surface area contributed by atoms with Gasteiger partial charge in [-0.15, -0.1) is 0 Å². The number of rotatable bonds is 1. The van der Waals surface area contributed by atoms with Crippen LogP contribution < -0.4 is 10.9 Å². The van der Waals surface area contributed by atoms with Crippen molar-refractivity contribution in [2.24, 2.45) is 5.10 Å². The summed E-state index contributed by atoms with van der Waals surface area (Å²) in [5.41, 5.74) is 4.22. The van der Waals surface area contributed by atoms with Crippen LogP contribution in [0.3, 0.4) is 0 Å². The highest BCUT2D eigenvalue weighted by Gasteiger charge is 2.50. The zero-order valence-electron chi connectivity index (χ0n) is 5.92. The molecule has 2 rings (SSSR count). The van der Waals surface area contributed by atoms with Gasteiger partial charge in [0.2, 0.25) is 0 Å². The van der Waals surface area contributed by atoms with Crippen LogP contribution in [0.25, 0.3) is 0 Å². The second kappa shape index (κ2) is 2.02. The van der Waals surface area contributed by atoms with E-state index < -0.39 is 5.54 Å². The Morgan fingerprint density at radius 2 is 2.55 bits per heavy atom. The van der Waals surface area contributed by atoms with Crippen molar-refractivity contribution in [3.63, 3.8) is 0 Å². The first kappa shape index (κ1) is 6.75. The van der Waals surface area contributed by atoms with E-state index in [4.69, 9.17) is 5.21 Å². The van der Waals surface area contributed by atoms with Crippen molar-refractivity contribution in [1.82, 2.24) is 10.9 Å². The summed E-state index contributed by atoms with van der Waals surface area (Å²) in [6, 6.07) is 0. The van der Waals surface area contributed by atoms with Gasteiger partial charge in [0.15, 0.2) is 5.54 Å². The SMILES string of the molecule is O=C1NN=C2CCCC12NO. The number of hydrogen-bond donors (Lipinski definition) is 3. The molecule has 1 saturated carbocycles.